The summed E-state index contributed by atoms with van der Waals surface area (Å²) < 4.78 is 5.21. The standard InChI is InChI=1S/C10H18N2O4/c1-10(5-16-4-8(10)11)9(15)12-2-6(13)7(14)3-12/h6-8,13-14H,2-5,11H2,1H3. The second-order valence-corrected chi connectivity index (χ2v) is 4.88. The van der Waals surface area contributed by atoms with Crippen molar-refractivity contribution in [3.05, 3.63) is 0 Å². The first kappa shape index (κ1) is 11.8. The van der Waals surface area contributed by atoms with E-state index in [4.69, 9.17) is 10.5 Å². The molecule has 2 fully saturated rings. The van der Waals surface area contributed by atoms with Gasteiger partial charge in [0.25, 0.3) is 0 Å². The van der Waals surface area contributed by atoms with Gasteiger partial charge in [0.15, 0.2) is 0 Å². The monoisotopic (exact) mass is 230 g/mol. The third-order valence-corrected chi connectivity index (χ3v) is 3.55. The fraction of sp³-hybridized carbons (Fsp3) is 0.900. The van der Waals surface area contributed by atoms with Gasteiger partial charge in [-0.05, 0) is 6.92 Å². The summed E-state index contributed by atoms with van der Waals surface area (Å²) in [5, 5.41) is 18.8. The van der Waals surface area contributed by atoms with Crippen LogP contribution in [0, 0.1) is 5.41 Å². The highest BCUT2D eigenvalue weighted by Gasteiger charge is 2.48. The van der Waals surface area contributed by atoms with Gasteiger partial charge in [0.1, 0.15) is 0 Å². The highest BCUT2D eigenvalue weighted by molar-refractivity contribution is 5.84. The smallest absolute Gasteiger partial charge is 0.232 e. The largest absolute Gasteiger partial charge is 0.388 e. The van der Waals surface area contributed by atoms with Crippen LogP contribution in [-0.2, 0) is 9.53 Å². The summed E-state index contributed by atoms with van der Waals surface area (Å²) in [6.07, 6.45) is -1.71. The molecule has 0 aliphatic carbocycles. The van der Waals surface area contributed by atoms with Gasteiger partial charge in [0.05, 0.1) is 30.8 Å². The van der Waals surface area contributed by atoms with Gasteiger partial charge in [-0.2, -0.15) is 0 Å². The van der Waals surface area contributed by atoms with Gasteiger partial charge in [-0.3, -0.25) is 4.79 Å². The van der Waals surface area contributed by atoms with Crippen molar-refractivity contribution >= 4 is 5.91 Å². The maximum atomic E-state index is 12.2. The van der Waals surface area contributed by atoms with Crippen molar-refractivity contribution in [2.24, 2.45) is 11.1 Å². The third kappa shape index (κ3) is 1.71. The second-order valence-electron chi connectivity index (χ2n) is 4.88. The first-order valence-electron chi connectivity index (χ1n) is 5.44. The Morgan fingerprint density at radius 1 is 1.44 bits per heavy atom. The van der Waals surface area contributed by atoms with Crippen molar-refractivity contribution in [1.82, 2.24) is 4.90 Å². The molecule has 16 heavy (non-hydrogen) atoms. The Kier molecular flexibility index (Phi) is 2.91. The van der Waals surface area contributed by atoms with Gasteiger partial charge >= 0.3 is 0 Å². The molecule has 4 atom stereocenters. The number of amides is 1. The van der Waals surface area contributed by atoms with Gasteiger partial charge < -0.3 is 25.6 Å². The normalized spacial score (nSPS) is 44.0. The van der Waals surface area contributed by atoms with Crippen LogP contribution in [-0.4, -0.2) is 65.6 Å². The van der Waals surface area contributed by atoms with E-state index in [0.29, 0.717) is 13.2 Å². The van der Waals surface area contributed by atoms with E-state index >= 15 is 0 Å². The number of carbonyl (C=O) groups excluding carboxylic acids is 1. The Morgan fingerprint density at radius 2 is 2.00 bits per heavy atom. The predicted molar refractivity (Wildman–Crippen MR) is 55.5 cm³/mol. The molecular formula is C10H18N2O4. The Morgan fingerprint density at radius 3 is 2.44 bits per heavy atom. The SMILES string of the molecule is CC1(C(=O)N2CC(O)C(O)C2)COCC1N. The fourth-order valence-corrected chi connectivity index (χ4v) is 2.21. The average Bonchev–Trinajstić information content (AvgIpc) is 2.73. The Balaban J connectivity index is 2.08. The number of β-amino-alcohol motifs (C(OH)–C–C–N with tert-alkyl or cyclic N) is 2. The number of aliphatic hydroxyl groups is 2. The van der Waals surface area contributed by atoms with E-state index in [-0.39, 0.29) is 25.0 Å². The van der Waals surface area contributed by atoms with Crippen LogP contribution in [0.3, 0.4) is 0 Å². The van der Waals surface area contributed by atoms with Crippen LogP contribution in [0.15, 0.2) is 0 Å². The van der Waals surface area contributed by atoms with E-state index in [2.05, 4.69) is 0 Å². The van der Waals surface area contributed by atoms with Gasteiger partial charge in [0.2, 0.25) is 5.91 Å². The Hall–Kier alpha value is -0.690. The maximum absolute atomic E-state index is 12.2. The lowest BCUT2D eigenvalue weighted by molar-refractivity contribution is -0.141. The molecule has 0 radical (unpaired) electrons. The highest BCUT2D eigenvalue weighted by atomic mass is 16.5. The number of carbonyl (C=O) groups is 1. The van der Waals surface area contributed by atoms with Crippen molar-refractivity contribution in [3.8, 4) is 0 Å². The van der Waals surface area contributed by atoms with Gasteiger partial charge in [-0.1, -0.05) is 0 Å². The number of ether oxygens (including phenoxy) is 1. The molecule has 6 nitrogen and oxygen atoms in total. The molecule has 92 valence electrons. The molecule has 0 aromatic heterocycles. The molecule has 1 amide bonds. The molecule has 0 bridgehead atoms. The molecule has 4 unspecified atom stereocenters. The number of aliphatic hydroxyl groups excluding tert-OH is 2. The maximum Gasteiger partial charge on any atom is 0.232 e. The molecule has 0 saturated carbocycles. The van der Waals surface area contributed by atoms with Crippen LogP contribution in [0.5, 0.6) is 0 Å². The van der Waals surface area contributed by atoms with Gasteiger partial charge in [-0.15, -0.1) is 0 Å². The molecule has 2 heterocycles. The van der Waals surface area contributed by atoms with Gasteiger partial charge in [-0.25, -0.2) is 0 Å². The quantitative estimate of drug-likeness (QED) is 0.480. The van der Waals surface area contributed by atoms with E-state index in [1.54, 1.807) is 6.92 Å². The number of hydrogen-bond donors (Lipinski definition) is 3. The zero-order chi connectivity index (χ0) is 11.9. The summed E-state index contributed by atoms with van der Waals surface area (Å²) >= 11 is 0. The van der Waals surface area contributed by atoms with Crippen LogP contribution >= 0.6 is 0 Å². The highest BCUT2D eigenvalue weighted by Crippen LogP contribution is 2.30. The van der Waals surface area contributed by atoms with E-state index in [1.165, 1.54) is 4.90 Å². The molecule has 2 saturated heterocycles. The minimum absolute atomic E-state index is 0.145. The van der Waals surface area contributed by atoms with Crippen molar-refractivity contribution in [1.29, 1.82) is 0 Å². The first-order chi connectivity index (χ1) is 7.45. The van der Waals surface area contributed by atoms with Crippen LogP contribution in [0.1, 0.15) is 6.92 Å². The summed E-state index contributed by atoms with van der Waals surface area (Å²) in [7, 11) is 0. The molecule has 2 aliphatic heterocycles. The van der Waals surface area contributed by atoms with E-state index < -0.39 is 17.6 Å². The van der Waals surface area contributed by atoms with Crippen LogP contribution < -0.4 is 5.73 Å². The number of nitrogens with two attached hydrogens (primary N) is 1. The molecule has 0 aromatic carbocycles. The lowest BCUT2D eigenvalue weighted by Crippen LogP contribution is -2.51. The summed E-state index contributed by atoms with van der Waals surface area (Å²) in [5.41, 5.74) is 5.12. The summed E-state index contributed by atoms with van der Waals surface area (Å²) in [6, 6.07) is -0.324. The number of nitrogens with zero attached hydrogens (tertiary/aromatic N) is 1. The molecule has 0 aromatic rings. The lowest BCUT2D eigenvalue weighted by atomic mass is 9.84. The molecule has 0 spiro atoms. The number of rotatable bonds is 1. The molecule has 2 aliphatic rings. The Labute approximate surface area is 94.0 Å². The van der Waals surface area contributed by atoms with Crippen molar-refractivity contribution in [2.45, 2.75) is 25.2 Å². The minimum Gasteiger partial charge on any atom is -0.388 e. The average molecular weight is 230 g/mol. The van der Waals surface area contributed by atoms with Crippen molar-refractivity contribution in [3.63, 3.8) is 0 Å². The van der Waals surface area contributed by atoms with Crippen LogP contribution in [0.25, 0.3) is 0 Å². The first-order valence-corrected chi connectivity index (χ1v) is 5.44. The van der Waals surface area contributed by atoms with E-state index in [0.717, 1.165) is 0 Å². The topological polar surface area (TPSA) is 96.0 Å². The van der Waals surface area contributed by atoms with Crippen molar-refractivity contribution in [2.75, 3.05) is 26.3 Å². The summed E-state index contributed by atoms with van der Waals surface area (Å²) in [5.74, 6) is -0.145. The Bertz CT molecular complexity index is 289. The number of hydrogen-bond acceptors (Lipinski definition) is 5. The van der Waals surface area contributed by atoms with Crippen LogP contribution in [0.4, 0.5) is 0 Å². The summed E-state index contributed by atoms with van der Waals surface area (Å²) in [6.45, 7) is 2.78. The number of likely N-dealkylation sites (tertiary alicyclic amines) is 1. The predicted octanol–water partition coefficient (Wildman–Crippen LogP) is -2.09. The molecule has 4 N–H and O–H groups in total. The third-order valence-electron chi connectivity index (χ3n) is 3.55. The fourth-order valence-electron chi connectivity index (χ4n) is 2.21. The molecular weight excluding hydrogens is 212 g/mol. The van der Waals surface area contributed by atoms with Crippen molar-refractivity contribution < 1.29 is 19.7 Å². The molecule has 2 rings (SSSR count). The zero-order valence-corrected chi connectivity index (χ0v) is 9.30. The van der Waals surface area contributed by atoms with E-state index in [1.807, 2.05) is 0 Å². The second kappa shape index (κ2) is 3.96. The minimum atomic E-state index is -0.855. The summed E-state index contributed by atoms with van der Waals surface area (Å²) in [4.78, 5) is 13.7. The molecule has 6 heteroatoms. The zero-order valence-electron chi connectivity index (χ0n) is 9.30. The van der Waals surface area contributed by atoms with Gasteiger partial charge in [0, 0.05) is 19.1 Å². The lowest BCUT2D eigenvalue weighted by Gasteiger charge is -2.30. The van der Waals surface area contributed by atoms with E-state index in [9.17, 15) is 15.0 Å². The van der Waals surface area contributed by atoms with Crippen LogP contribution in [0.2, 0.25) is 0 Å².